The number of rotatable bonds is 11. The van der Waals surface area contributed by atoms with Crippen molar-refractivity contribution >= 4 is 46.1 Å². The molecule has 24 heavy (non-hydrogen) atoms. The highest BCUT2D eigenvalue weighted by molar-refractivity contribution is 8.22. The van der Waals surface area contributed by atoms with Crippen LogP contribution < -0.4 is 5.73 Å². The number of amides is 1. The lowest BCUT2D eigenvalue weighted by molar-refractivity contribution is -0.144. The highest BCUT2D eigenvalue weighted by atomic mass is 32.2. The second kappa shape index (κ2) is 10.5. The van der Waals surface area contributed by atoms with E-state index in [1.54, 1.807) is 4.90 Å². The van der Waals surface area contributed by atoms with Gasteiger partial charge in [0.15, 0.2) is 0 Å². The smallest absolute Gasteiger partial charge is 0.321 e. The minimum atomic E-state index is -0.980. The number of carboxylic acid groups (broad SMARTS) is 2. The van der Waals surface area contributed by atoms with Gasteiger partial charge < -0.3 is 20.8 Å². The minimum Gasteiger partial charge on any atom is -0.481 e. The Kier molecular flexibility index (Phi) is 9.01. The lowest BCUT2D eigenvalue weighted by Crippen LogP contribution is -2.52. The fourth-order valence-electron chi connectivity index (χ4n) is 2.39. The maximum Gasteiger partial charge on any atom is 0.321 e. The van der Waals surface area contributed by atoms with Crippen molar-refractivity contribution in [3.05, 3.63) is 0 Å². The van der Waals surface area contributed by atoms with Gasteiger partial charge in [-0.15, -0.1) is 0 Å². The van der Waals surface area contributed by atoms with E-state index in [1.807, 2.05) is 4.90 Å². The van der Waals surface area contributed by atoms with E-state index in [0.717, 1.165) is 12.8 Å². The van der Waals surface area contributed by atoms with Crippen LogP contribution in [0.3, 0.4) is 0 Å². The summed E-state index contributed by atoms with van der Waals surface area (Å²) in [7, 11) is 0. The van der Waals surface area contributed by atoms with Gasteiger partial charge in [0.05, 0.1) is 12.5 Å². The van der Waals surface area contributed by atoms with Crippen LogP contribution in [0.15, 0.2) is 0 Å². The molecular formula is C14H23N3O5S2. The summed E-state index contributed by atoms with van der Waals surface area (Å²) in [6, 6.07) is -0.775. The topological polar surface area (TPSA) is 124 Å². The van der Waals surface area contributed by atoms with Gasteiger partial charge in [-0.1, -0.05) is 30.4 Å². The summed E-state index contributed by atoms with van der Waals surface area (Å²) in [4.78, 5) is 36.5. The van der Waals surface area contributed by atoms with E-state index < -0.39 is 23.9 Å². The molecule has 1 aliphatic heterocycles. The highest BCUT2D eigenvalue weighted by Gasteiger charge is 2.31. The third-order valence-corrected chi connectivity index (χ3v) is 5.25. The van der Waals surface area contributed by atoms with E-state index in [0.29, 0.717) is 29.8 Å². The first-order chi connectivity index (χ1) is 11.3. The lowest BCUT2D eigenvalue weighted by atomic mass is 10.1. The van der Waals surface area contributed by atoms with Crippen molar-refractivity contribution in [2.24, 2.45) is 5.73 Å². The second-order valence-electron chi connectivity index (χ2n) is 5.60. The molecule has 1 amide bonds. The van der Waals surface area contributed by atoms with Crippen molar-refractivity contribution in [2.75, 3.05) is 19.1 Å². The van der Waals surface area contributed by atoms with E-state index in [2.05, 4.69) is 0 Å². The minimum absolute atomic E-state index is 0.0256. The fraction of sp³-hybridized carbons (Fsp3) is 0.714. The number of hydrogen-bond donors (Lipinski definition) is 3. The largest absolute Gasteiger partial charge is 0.481 e. The number of nitrogens with two attached hydrogens (primary N) is 1. The Morgan fingerprint density at radius 1 is 1.21 bits per heavy atom. The number of carbonyl (C=O) groups excluding carboxylic acids is 1. The van der Waals surface area contributed by atoms with Crippen molar-refractivity contribution in [2.45, 2.75) is 44.6 Å². The van der Waals surface area contributed by atoms with Crippen LogP contribution in [0, 0.1) is 0 Å². The summed E-state index contributed by atoms with van der Waals surface area (Å²) in [5.41, 5.74) is 5.11. The van der Waals surface area contributed by atoms with E-state index in [1.165, 1.54) is 11.8 Å². The number of aliphatic carboxylic acids is 2. The molecule has 1 heterocycles. The molecule has 0 aliphatic carbocycles. The van der Waals surface area contributed by atoms with Crippen LogP contribution in [-0.4, -0.2) is 67.3 Å². The first kappa shape index (κ1) is 20.7. The predicted molar refractivity (Wildman–Crippen MR) is 94.4 cm³/mol. The van der Waals surface area contributed by atoms with Gasteiger partial charge in [0.25, 0.3) is 0 Å². The van der Waals surface area contributed by atoms with Crippen LogP contribution in [0.5, 0.6) is 0 Å². The average molecular weight is 377 g/mol. The fourth-order valence-corrected chi connectivity index (χ4v) is 3.57. The van der Waals surface area contributed by atoms with Crippen LogP contribution in [0.4, 0.5) is 0 Å². The molecule has 0 aromatic rings. The van der Waals surface area contributed by atoms with Gasteiger partial charge in [-0.05, 0) is 19.3 Å². The second-order valence-corrected chi connectivity index (χ2v) is 7.18. The molecule has 8 nitrogen and oxygen atoms in total. The molecule has 1 fully saturated rings. The number of primary amides is 1. The average Bonchev–Trinajstić information content (AvgIpc) is 2.48. The Bertz CT molecular complexity index is 489. The molecule has 0 aromatic carbocycles. The van der Waals surface area contributed by atoms with Crippen LogP contribution in [0.1, 0.15) is 38.5 Å². The van der Waals surface area contributed by atoms with E-state index in [-0.39, 0.29) is 19.3 Å². The number of carboxylic acids is 2. The summed E-state index contributed by atoms with van der Waals surface area (Å²) in [5.74, 6) is -1.84. The van der Waals surface area contributed by atoms with Crippen LogP contribution in [-0.2, 0) is 14.4 Å². The lowest BCUT2D eigenvalue weighted by Gasteiger charge is -2.39. The van der Waals surface area contributed by atoms with Gasteiger partial charge in [-0.25, -0.2) is 0 Å². The van der Waals surface area contributed by atoms with Gasteiger partial charge in [-0.2, -0.15) is 0 Å². The first-order valence-corrected chi connectivity index (χ1v) is 9.09. The zero-order chi connectivity index (χ0) is 18.1. The van der Waals surface area contributed by atoms with E-state index in [4.69, 9.17) is 23.1 Å². The van der Waals surface area contributed by atoms with Gasteiger partial charge in [0.2, 0.25) is 5.91 Å². The van der Waals surface area contributed by atoms with Gasteiger partial charge in [0.1, 0.15) is 10.4 Å². The van der Waals surface area contributed by atoms with Crippen molar-refractivity contribution in [3.8, 4) is 0 Å². The monoisotopic (exact) mass is 377 g/mol. The zero-order valence-electron chi connectivity index (χ0n) is 13.3. The number of unbranched alkanes of at least 4 members (excludes halogenated alkanes) is 2. The molecule has 0 saturated carbocycles. The standard InChI is InChI=1S/C14H23N3O5S2/c15-11(18)6-5-10(13(21)22)17-8-16(14(23)24-9-17)7-3-1-2-4-12(19)20/h10H,1-9H2,(H2,15,18)(H,19,20)(H,21,22). The Balaban J connectivity index is 2.49. The van der Waals surface area contributed by atoms with Gasteiger partial charge in [0, 0.05) is 19.4 Å². The molecule has 0 radical (unpaired) electrons. The predicted octanol–water partition coefficient (Wildman–Crippen LogP) is 0.901. The molecule has 1 atom stereocenters. The van der Waals surface area contributed by atoms with Crippen molar-refractivity contribution < 1.29 is 24.6 Å². The highest BCUT2D eigenvalue weighted by Crippen LogP contribution is 2.23. The molecule has 0 spiro atoms. The molecule has 1 aliphatic rings. The number of carbonyl (C=O) groups is 3. The first-order valence-electron chi connectivity index (χ1n) is 7.70. The summed E-state index contributed by atoms with van der Waals surface area (Å²) in [6.45, 7) is 1.05. The van der Waals surface area contributed by atoms with E-state index in [9.17, 15) is 19.5 Å². The summed E-state index contributed by atoms with van der Waals surface area (Å²) < 4.78 is 0.712. The quantitative estimate of drug-likeness (QED) is 0.356. The molecule has 0 bridgehead atoms. The number of hydrogen-bond acceptors (Lipinski definition) is 6. The molecule has 0 aromatic heterocycles. The SMILES string of the molecule is NC(=O)CCC(C(=O)O)N1CSC(=S)N(CCCCCC(=O)O)C1. The third kappa shape index (κ3) is 7.45. The number of thiocarbonyl (C=S) groups is 1. The van der Waals surface area contributed by atoms with Crippen LogP contribution in [0.25, 0.3) is 0 Å². The maximum atomic E-state index is 11.5. The number of nitrogens with zero attached hydrogens (tertiary/aromatic N) is 2. The summed E-state index contributed by atoms with van der Waals surface area (Å²) >= 11 is 6.70. The Hall–Kier alpha value is -1.39. The van der Waals surface area contributed by atoms with Crippen LogP contribution >= 0.6 is 24.0 Å². The molecule has 136 valence electrons. The van der Waals surface area contributed by atoms with Crippen LogP contribution in [0.2, 0.25) is 0 Å². The number of thioether (sulfide) groups is 1. The molecule has 4 N–H and O–H groups in total. The van der Waals surface area contributed by atoms with Gasteiger partial charge >= 0.3 is 11.9 Å². The summed E-state index contributed by atoms with van der Waals surface area (Å²) in [6.07, 6.45) is 2.53. The van der Waals surface area contributed by atoms with Crippen molar-refractivity contribution in [1.82, 2.24) is 9.80 Å². The molecule has 10 heteroatoms. The molecule has 1 saturated heterocycles. The van der Waals surface area contributed by atoms with E-state index >= 15 is 0 Å². The van der Waals surface area contributed by atoms with Crippen molar-refractivity contribution in [3.63, 3.8) is 0 Å². The summed E-state index contributed by atoms with van der Waals surface area (Å²) in [5, 5.41) is 18.0. The Morgan fingerprint density at radius 2 is 1.92 bits per heavy atom. The normalized spacial score (nSPS) is 16.8. The van der Waals surface area contributed by atoms with Gasteiger partial charge in [-0.3, -0.25) is 19.3 Å². The molecule has 1 rings (SSSR count). The Morgan fingerprint density at radius 3 is 2.50 bits per heavy atom. The van der Waals surface area contributed by atoms with Crippen molar-refractivity contribution in [1.29, 1.82) is 0 Å². The zero-order valence-corrected chi connectivity index (χ0v) is 15.0. The Labute approximate surface area is 150 Å². The molecule has 1 unspecified atom stereocenters. The molecular weight excluding hydrogens is 354 g/mol. The maximum absolute atomic E-state index is 11.5. The third-order valence-electron chi connectivity index (χ3n) is 3.67.